The van der Waals surface area contributed by atoms with Crippen molar-refractivity contribution in [1.29, 1.82) is 0 Å². The second-order valence-corrected chi connectivity index (χ2v) is 6.80. The third-order valence-electron chi connectivity index (χ3n) is 4.46. The van der Waals surface area contributed by atoms with E-state index in [0.717, 1.165) is 39.6 Å². The minimum atomic E-state index is 0.296. The van der Waals surface area contributed by atoms with Gasteiger partial charge in [0.1, 0.15) is 11.3 Å². The Morgan fingerprint density at radius 2 is 1.78 bits per heavy atom. The molecule has 0 fully saturated rings. The molecule has 6 nitrogen and oxygen atoms in total. The summed E-state index contributed by atoms with van der Waals surface area (Å²) in [7, 11) is 0. The molecular weight excluding hydrogens is 336 g/mol. The van der Waals surface area contributed by atoms with Gasteiger partial charge in [-0.2, -0.15) is 0 Å². The van der Waals surface area contributed by atoms with E-state index in [4.69, 9.17) is 0 Å². The van der Waals surface area contributed by atoms with Gasteiger partial charge in [-0.05, 0) is 32.4 Å². The maximum absolute atomic E-state index is 4.57. The fraction of sp³-hybridized carbons (Fsp3) is 0.238. The van der Waals surface area contributed by atoms with Gasteiger partial charge in [-0.25, -0.2) is 15.0 Å². The van der Waals surface area contributed by atoms with Crippen LogP contribution in [0.15, 0.2) is 55.0 Å². The molecule has 0 spiro atoms. The predicted octanol–water partition coefficient (Wildman–Crippen LogP) is 4.39. The Bertz CT molecular complexity index is 1050. The summed E-state index contributed by atoms with van der Waals surface area (Å²) in [6, 6.07) is 14.7. The monoisotopic (exact) mass is 358 g/mol. The van der Waals surface area contributed by atoms with Gasteiger partial charge in [-0.1, -0.05) is 36.4 Å². The highest BCUT2D eigenvalue weighted by Gasteiger charge is 2.13. The zero-order valence-corrected chi connectivity index (χ0v) is 15.7. The van der Waals surface area contributed by atoms with Crippen LogP contribution in [0.4, 0.5) is 5.82 Å². The molecule has 0 bridgehead atoms. The summed E-state index contributed by atoms with van der Waals surface area (Å²) in [5, 5.41) is 3.37. The lowest BCUT2D eigenvalue weighted by atomic mass is 10.1. The number of hydrogen-bond acceptors (Lipinski definition) is 5. The number of imidazole rings is 1. The van der Waals surface area contributed by atoms with E-state index >= 15 is 0 Å². The number of fused-ring (bicyclic) bond motifs is 1. The molecule has 4 aromatic rings. The highest BCUT2D eigenvalue weighted by molar-refractivity contribution is 5.83. The third-order valence-corrected chi connectivity index (χ3v) is 4.46. The van der Waals surface area contributed by atoms with Crippen LogP contribution in [0.25, 0.3) is 22.3 Å². The molecule has 6 heteroatoms. The fourth-order valence-electron chi connectivity index (χ4n) is 3.03. The molecule has 27 heavy (non-hydrogen) atoms. The Labute approximate surface area is 158 Å². The van der Waals surface area contributed by atoms with E-state index in [1.54, 1.807) is 0 Å². The molecule has 1 aromatic carbocycles. The Hall–Kier alpha value is -3.28. The van der Waals surface area contributed by atoms with Gasteiger partial charge in [0.15, 0.2) is 11.5 Å². The van der Waals surface area contributed by atoms with Gasteiger partial charge in [0.2, 0.25) is 0 Å². The van der Waals surface area contributed by atoms with Crippen LogP contribution in [-0.2, 0) is 6.54 Å². The minimum absolute atomic E-state index is 0.296. The molecule has 0 saturated carbocycles. The Morgan fingerprint density at radius 3 is 2.48 bits per heavy atom. The van der Waals surface area contributed by atoms with Crippen LogP contribution in [0.1, 0.15) is 31.4 Å². The van der Waals surface area contributed by atoms with E-state index in [0.29, 0.717) is 12.6 Å². The Balaban J connectivity index is 1.55. The summed E-state index contributed by atoms with van der Waals surface area (Å²) in [5.41, 5.74) is 4.86. The van der Waals surface area contributed by atoms with Crippen molar-refractivity contribution in [2.45, 2.75) is 33.4 Å². The van der Waals surface area contributed by atoms with Gasteiger partial charge < -0.3 is 9.88 Å². The third kappa shape index (κ3) is 3.51. The summed E-state index contributed by atoms with van der Waals surface area (Å²) in [4.78, 5) is 18.2. The van der Waals surface area contributed by atoms with Crippen molar-refractivity contribution < 1.29 is 0 Å². The molecule has 3 aromatic heterocycles. The molecule has 4 rings (SSSR count). The molecule has 136 valence electrons. The van der Waals surface area contributed by atoms with Crippen molar-refractivity contribution in [1.82, 2.24) is 24.5 Å². The number of aryl methyl sites for hydroxylation is 1. The van der Waals surface area contributed by atoms with E-state index in [1.807, 2.05) is 43.7 Å². The maximum Gasteiger partial charge on any atom is 0.165 e. The SMILES string of the molecule is Cc1nc(NCc2ccc(-c3ccccc3)cn2)c2ncn(C(C)C)c2n1. The van der Waals surface area contributed by atoms with Crippen molar-refractivity contribution in [3.8, 4) is 11.1 Å². The normalized spacial score (nSPS) is 11.3. The molecular formula is C21H22N6. The first-order chi connectivity index (χ1) is 13.1. The van der Waals surface area contributed by atoms with E-state index < -0.39 is 0 Å². The summed E-state index contributed by atoms with van der Waals surface area (Å²) in [6.45, 7) is 6.71. The lowest BCUT2D eigenvalue weighted by molar-refractivity contribution is 0.612. The number of nitrogens with one attached hydrogen (secondary N) is 1. The highest BCUT2D eigenvalue weighted by Crippen LogP contribution is 2.22. The van der Waals surface area contributed by atoms with Crippen LogP contribution in [-0.4, -0.2) is 24.5 Å². The molecule has 0 unspecified atom stereocenters. The summed E-state index contributed by atoms with van der Waals surface area (Å²) in [5.74, 6) is 1.46. The molecule has 1 N–H and O–H groups in total. The minimum Gasteiger partial charge on any atom is -0.362 e. The molecule has 0 aliphatic carbocycles. The quantitative estimate of drug-likeness (QED) is 0.573. The van der Waals surface area contributed by atoms with Crippen LogP contribution >= 0.6 is 0 Å². The number of benzene rings is 1. The highest BCUT2D eigenvalue weighted by atomic mass is 15.2. The zero-order valence-electron chi connectivity index (χ0n) is 15.7. The van der Waals surface area contributed by atoms with Crippen LogP contribution in [0.5, 0.6) is 0 Å². The van der Waals surface area contributed by atoms with Crippen LogP contribution in [0, 0.1) is 6.92 Å². The number of anilines is 1. The first-order valence-corrected chi connectivity index (χ1v) is 9.07. The average molecular weight is 358 g/mol. The van der Waals surface area contributed by atoms with Crippen molar-refractivity contribution in [3.63, 3.8) is 0 Å². The summed E-state index contributed by atoms with van der Waals surface area (Å²) >= 11 is 0. The number of hydrogen-bond donors (Lipinski definition) is 1. The van der Waals surface area contributed by atoms with Crippen LogP contribution < -0.4 is 5.32 Å². The standard InChI is InChI=1S/C21H22N6/c1-14(2)27-13-24-19-20(25-15(3)26-21(19)27)23-12-18-10-9-17(11-22-18)16-7-5-4-6-8-16/h4-11,13-14H,12H2,1-3H3,(H,23,25,26). The van der Waals surface area contributed by atoms with E-state index in [2.05, 4.69) is 61.9 Å². The van der Waals surface area contributed by atoms with Crippen molar-refractivity contribution >= 4 is 17.0 Å². The molecule has 0 aliphatic heterocycles. The maximum atomic E-state index is 4.57. The molecule has 0 radical (unpaired) electrons. The number of rotatable bonds is 5. The molecule has 3 heterocycles. The zero-order chi connectivity index (χ0) is 18.8. The topological polar surface area (TPSA) is 68.5 Å². The molecule has 0 atom stereocenters. The first kappa shape index (κ1) is 17.1. The lowest BCUT2D eigenvalue weighted by Crippen LogP contribution is -2.07. The Kier molecular flexibility index (Phi) is 4.54. The van der Waals surface area contributed by atoms with Crippen LogP contribution in [0.2, 0.25) is 0 Å². The number of nitrogens with zero attached hydrogens (tertiary/aromatic N) is 5. The smallest absolute Gasteiger partial charge is 0.165 e. The van der Waals surface area contributed by atoms with E-state index in [-0.39, 0.29) is 0 Å². The van der Waals surface area contributed by atoms with Crippen molar-refractivity contribution in [3.05, 3.63) is 66.5 Å². The number of pyridine rings is 1. The van der Waals surface area contributed by atoms with Gasteiger partial charge in [-0.15, -0.1) is 0 Å². The average Bonchev–Trinajstić information content (AvgIpc) is 3.11. The predicted molar refractivity (Wildman–Crippen MR) is 107 cm³/mol. The fourth-order valence-corrected chi connectivity index (χ4v) is 3.03. The second kappa shape index (κ2) is 7.15. The van der Waals surface area contributed by atoms with Crippen molar-refractivity contribution in [2.24, 2.45) is 0 Å². The van der Waals surface area contributed by atoms with Gasteiger partial charge >= 0.3 is 0 Å². The van der Waals surface area contributed by atoms with Gasteiger partial charge in [0, 0.05) is 17.8 Å². The largest absolute Gasteiger partial charge is 0.362 e. The molecule has 0 aliphatic rings. The van der Waals surface area contributed by atoms with Gasteiger partial charge in [0.25, 0.3) is 0 Å². The summed E-state index contributed by atoms with van der Waals surface area (Å²) in [6.07, 6.45) is 3.72. The van der Waals surface area contributed by atoms with Gasteiger partial charge in [0.05, 0.1) is 18.6 Å². The summed E-state index contributed by atoms with van der Waals surface area (Å²) < 4.78 is 2.06. The first-order valence-electron chi connectivity index (χ1n) is 9.07. The molecule has 0 amide bonds. The Morgan fingerprint density at radius 1 is 0.963 bits per heavy atom. The lowest BCUT2D eigenvalue weighted by Gasteiger charge is -2.10. The van der Waals surface area contributed by atoms with E-state index in [9.17, 15) is 0 Å². The molecule has 0 saturated heterocycles. The van der Waals surface area contributed by atoms with Gasteiger partial charge in [-0.3, -0.25) is 4.98 Å². The second-order valence-electron chi connectivity index (χ2n) is 6.80. The van der Waals surface area contributed by atoms with Crippen LogP contribution in [0.3, 0.4) is 0 Å². The number of aromatic nitrogens is 5. The van der Waals surface area contributed by atoms with Crippen molar-refractivity contribution in [2.75, 3.05) is 5.32 Å². The van der Waals surface area contributed by atoms with E-state index in [1.165, 1.54) is 0 Å².